The van der Waals surface area contributed by atoms with Gasteiger partial charge in [0.2, 0.25) is 0 Å². The molecule has 0 aromatic carbocycles. The first kappa shape index (κ1) is 10.3. The van der Waals surface area contributed by atoms with Crippen molar-refractivity contribution in [1.82, 2.24) is 0 Å². The van der Waals surface area contributed by atoms with Gasteiger partial charge in [0.25, 0.3) is 0 Å². The molecule has 2 unspecified atom stereocenters. The Balaban J connectivity index is 0.000000184. The Kier molecular flexibility index (Phi) is 4.01. The molecular formula is C13H20. The van der Waals surface area contributed by atoms with Gasteiger partial charge in [-0.1, -0.05) is 36.8 Å². The fourth-order valence-electron chi connectivity index (χ4n) is 1.99. The van der Waals surface area contributed by atoms with Crippen LogP contribution in [0.2, 0.25) is 0 Å². The minimum Gasteiger partial charge on any atom is -0.103 e. The average Bonchev–Trinajstić information content (AvgIpc) is 2.79. The number of allylic oxidation sites excluding steroid dienone is 5. The summed E-state index contributed by atoms with van der Waals surface area (Å²) in [5.74, 6) is 1.74. The van der Waals surface area contributed by atoms with Crippen molar-refractivity contribution in [2.45, 2.75) is 33.1 Å². The average molecular weight is 176 g/mol. The summed E-state index contributed by atoms with van der Waals surface area (Å²) in [7, 11) is 0. The van der Waals surface area contributed by atoms with Crippen LogP contribution in [0.5, 0.6) is 0 Å². The minimum absolute atomic E-state index is 0.833. The van der Waals surface area contributed by atoms with Crippen molar-refractivity contribution in [2.75, 3.05) is 0 Å². The highest BCUT2D eigenvalue weighted by atomic mass is 14.3. The molecule has 2 rings (SSSR count). The van der Waals surface area contributed by atoms with E-state index < -0.39 is 0 Å². The summed E-state index contributed by atoms with van der Waals surface area (Å²) in [6.45, 7) is 7.70. The summed E-state index contributed by atoms with van der Waals surface area (Å²) >= 11 is 0. The fourth-order valence-corrected chi connectivity index (χ4v) is 1.99. The molecule has 2 aliphatic carbocycles. The molecule has 0 heteroatoms. The third-order valence-electron chi connectivity index (χ3n) is 2.81. The topological polar surface area (TPSA) is 0 Å². The summed E-state index contributed by atoms with van der Waals surface area (Å²) in [5.41, 5.74) is 1.67. The van der Waals surface area contributed by atoms with Crippen LogP contribution in [-0.2, 0) is 0 Å². The molecule has 2 atom stereocenters. The number of rotatable bonds is 1. The van der Waals surface area contributed by atoms with Gasteiger partial charge in [0, 0.05) is 0 Å². The first-order valence-corrected chi connectivity index (χ1v) is 5.26. The SMILES string of the molecule is C=CCC.CC=C1CC2C=CC1C2. The Morgan fingerprint density at radius 2 is 2.23 bits per heavy atom. The molecule has 72 valence electrons. The van der Waals surface area contributed by atoms with Crippen molar-refractivity contribution in [3.05, 3.63) is 36.5 Å². The van der Waals surface area contributed by atoms with Crippen molar-refractivity contribution in [1.29, 1.82) is 0 Å². The summed E-state index contributed by atoms with van der Waals surface area (Å²) in [4.78, 5) is 0. The molecular weight excluding hydrogens is 156 g/mol. The molecule has 0 aromatic rings. The lowest BCUT2D eigenvalue weighted by atomic mass is 10.0. The molecule has 1 saturated carbocycles. The lowest BCUT2D eigenvalue weighted by Crippen LogP contribution is -1.90. The molecule has 0 N–H and O–H groups in total. The van der Waals surface area contributed by atoms with Crippen LogP contribution in [0.4, 0.5) is 0 Å². The Morgan fingerprint density at radius 1 is 1.54 bits per heavy atom. The van der Waals surface area contributed by atoms with Gasteiger partial charge < -0.3 is 0 Å². The maximum atomic E-state index is 3.48. The van der Waals surface area contributed by atoms with Gasteiger partial charge in [0.1, 0.15) is 0 Å². The van der Waals surface area contributed by atoms with Crippen LogP contribution in [-0.4, -0.2) is 0 Å². The lowest BCUT2D eigenvalue weighted by molar-refractivity contribution is 0.693. The Hall–Kier alpha value is -0.780. The molecule has 0 aliphatic heterocycles. The fraction of sp³-hybridized carbons (Fsp3) is 0.538. The standard InChI is InChI=1S/C9H12.C4H8/c1-2-8-5-7-3-4-9(8)6-7;1-3-4-2/h2-4,7,9H,5-6H2,1H3;3H,1,4H2,2H3. The first-order valence-electron chi connectivity index (χ1n) is 5.26. The smallest absolute Gasteiger partial charge is 0.00174 e. The minimum atomic E-state index is 0.833. The quantitative estimate of drug-likeness (QED) is 0.527. The highest BCUT2D eigenvalue weighted by molar-refractivity contribution is 5.26. The summed E-state index contributed by atoms with van der Waals surface area (Å²) in [6, 6.07) is 0. The number of fused-ring (bicyclic) bond motifs is 2. The van der Waals surface area contributed by atoms with Gasteiger partial charge in [-0.3, -0.25) is 0 Å². The van der Waals surface area contributed by atoms with E-state index in [1.165, 1.54) is 12.8 Å². The maximum absolute atomic E-state index is 3.48. The normalized spacial score (nSPS) is 31.7. The van der Waals surface area contributed by atoms with E-state index >= 15 is 0 Å². The van der Waals surface area contributed by atoms with Crippen LogP contribution in [0.1, 0.15) is 33.1 Å². The third kappa shape index (κ3) is 2.58. The van der Waals surface area contributed by atoms with Crippen LogP contribution >= 0.6 is 0 Å². The molecule has 0 nitrogen and oxygen atoms in total. The van der Waals surface area contributed by atoms with Crippen LogP contribution in [0.25, 0.3) is 0 Å². The molecule has 2 bridgehead atoms. The van der Waals surface area contributed by atoms with E-state index in [2.05, 4.69) is 38.7 Å². The molecule has 2 aliphatic rings. The van der Waals surface area contributed by atoms with Gasteiger partial charge in [0.15, 0.2) is 0 Å². The monoisotopic (exact) mass is 176 g/mol. The van der Waals surface area contributed by atoms with Crippen LogP contribution < -0.4 is 0 Å². The number of hydrogen-bond acceptors (Lipinski definition) is 0. The van der Waals surface area contributed by atoms with Crippen molar-refractivity contribution >= 4 is 0 Å². The summed E-state index contributed by atoms with van der Waals surface area (Å²) in [5, 5.41) is 0. The Morgan fingerprint density at radius 3 is 2.46 bits per heavy atom. The van der Waals surface area contributed by atoms with Crippen molar-refractivity contribution < 1.29 is 0 Å². The van der Waals surface area contributed by atoms with Gasteiger partial charge in [-0.05, 0) is 38.0 Å². The van der Waals surface area contributed by atoms with Gasteiger partial charge in [-0.2, -0.15) is 0 Å². The second-order valence-electron chi connectivity index (χ2n) is 3.75. The highest BCUT2D eigenvalue weighted by Crippen LogP contribution is 2.42. The number of hydrogen-bond donors (Lipinski definition) is 0. The molecule has 0 heterocycles. The zero-order chi connectivity index (χ0) is 9.68. The van der Waals surface area contributed by atoms with E-state index in [9.17, 15) is 0 Å². The molecule has 0 saturated heterocycles. The van der Waals surface area contributed by atoms with Gasteiger partial charge >= 0.3 is 0 Å². The Labute approximate surface area is 82.0 Å². The second kappa shape index (κ2) is 5.06. The lowest BCUT2D eigenvalue weighted by Gasteiger charge is -2.05. The van der Waals surface area contributed by atoms with Gasteiger partial charge in [0.05, 0.1) is 0 Å². The van der Waals surface area contributed by atoms with E-state index in [0.717, 1.165) is 18.3 Å². The molecule has 0 amide bonds. The summed E-state index contributed by atoms with van der Waals surface area (Å²) < 4.78 is 0. The van der Waals surface area contributed by atoms with E-state index in [1.807, 2.05) is 6.08 Å². The maximum Gasteiger partial charge on any atom is -0.00174 e. The molecule has 13 heavy (non-hydrogen) atoms. The van der Waals surface area contributed by atoms with Crippen LogP contribution in [0.3, 0.4) is 0 Å². The molecule has 0 spiro atoms. The first-order chi connectivity index (χ1) is 6.31. The van der Waals surface area contributed by atoms with E-state index in [4.69, 9.17) is 0 Å². The van der Waals surface area contributed by atoms with E-state index in [0.29, 0.717) is 0 Å². The van der Waals surface area contributed by atoms with Gasteiger partial charge in [-0.25, -0.2) is 0 Å². The van der Waals surface area contributed by atoms with Crippen molar-refractivity contribution in [3.63, 3.8) is 0 Å². The predicted octanol–water partition coefficient (Wildman–Crippen LogP) is 4.11. The van der Waals surface area contributed by atoms with Crippen molar-refractivity contribution in [3.8, 4) is 0 Å². The molecule has 0 radical (unpaired) electrons. The third-order valence-corrected chi connectivity index (χ3v) is 2.81. The summed E-state index contributed by atoms with van der Waals surface area (Å²) in [6.07, 6.45) is 12.7. The zero-order valence-electron chi connectivity index (χ0n) is 8.79. The highest BCUT2D eigenvalue weighted by Gasteiger charge is 2.29. The van der Waals surface area contributed by atoms with E-state index in [-0.39, 0.29) is 0 Å². The van der Waals surface area contributed by atoms with Crippen LogP contribution in [0.15, 0.2) is 36.5 Å². The molecule has 1 fully saturated rings. The molecule has 0 aromatic heterocycles. The Bertz CT molecular complexity index is 220. The van der Waals surface area contributed by atoms with Crippen molar-refractivity contribution in [2.24, 2.45) is 11.8 Å². The van der Waals surface area contributed by atoms with Gasteiger partial charge in [-0.15, -0.1) is 6.58 Å². The zero-order valence-corrected chi connectivity index (χ0v) is 8.79. The predicted molar refractivity (Wildman–Crippen MR) is 59.6 cm³/mol. The van der Waals surface area contributed by atoms with Crippen LogP contribution in [0, 0.1) is 11.8 Å². The second-order valence-corrected chi connectivity index (χ2v) is 3.75. The largest absolute Gasteiger partial charge is 0.103 e. The van der Waals surface area contributed by atoms with E-state index in [1.54, 1.807) is 5.57 Å².